The van der Waals surface area contributed by atoms with Crippen molar-refractivity contribution in [3.05, 3.63) is 7.05 Å². The van der Waals surface area contributed by atoms with Crippen molar-refractivity contribution in [2.45, 2.75) is 6.42 Å². The largest absolute Gasteiger partial charge is 0.330 e. The number of hydrogen-bond acceptors (Lipinski definition) is 2. The second kappa shape index (κ2) is 4.92. The van der Waals surface area contributed by atoms with Gasteiger partial charge in [0.05, 0.1) is 0 Å². The lowest BCUT2D eigenvalue weighted by Crippen LogP contribution is -2.10. The maximum absolute atomic E-state index is 5.15. The monoisotopic (exact) mass is 87.1 g/mol. The van der Waals surface area contributed by atoms with E-state index in [-0.39, 0.29) is 0 Å². The molecule has 0 rings (SSSR count). The molecule has 2 nitrogen and oxygen atoms in total. The molecule has 0 aromatic carbocycles. The highest BCUT2D eigenvalue weighted by Gasteiger charge is 1.73. The van der Waals surface area contributed by atoms with E-state index in [1.807, 2.05) is 0 Å². The van der Waals surface area contributed by atoms with Crippen LogP contribution in [0.1, 0.15) is 6.42 Å². The fourth-order valence-corrected chi connectivity index (χ4v) is 0.227. The number of rotatable bonds is 3. The molecule has 0 bridgehead atoms. The Bertz CT molecular complexity index is 17.5. The van der Waals surface area contributed by atoms with Crippen LogP contribution in [0.3, 0.4) is 0 Å². The van der Waals surface area contributed by atoms with Crippen LogP contribution in [0, 0.1) is 7.05 Å². The third-order valence-corrected chi connectivity index (χ3v) is 0.558. The molecule has 0 amide bonds. The van der Waals surface area contributed by atoms with Crippen LogP contribution in [-0.4, -0.2) is 13.1 Å². The molecule has 1 radical (unpaired) electrons. The SMILES string of the molecule is [CH2]NCCCN. The molecule has 0 heterocycles. The van der Waals surface area contributed by atoms with Gasteiger partial charge in [-0.1, -0.05) is 0 Å². The van der Waals surface area contributed by atoms with Crippen LogP contribution in [-0.2, 0) is 0 Å². The zero-order valence-electron chi connectivity index (χ0n) is 3.91. The van der Waals surface area contributed by atoms with E-state index >= 15 is 0 Å². The Morgan fingerprint density at radius 1 is 1.67 bits per heavy atom. The van der Waals surface area contributed by atoms with Crippen molar-refractivity contribution in [2.24, 2.45) is 5.73 Å². The van der Waals surface area contributed by atoms with Crippen molar-refractivity contribution in [3.8, 4) is 0 Å². The van der Waals surface area contributed by atoms with Crippen LogP contribution in [0.4, 0.5) is 0 Å². The maximum Gasteiger partial charge on any atom is 0.00767 e. The van der Waals surface area contributed by atoms with Gasteiger partial charge in [-0.2, -0.15) is 0 Å². The van der Waals surface area contributed by atoms with Crippen LogP contribution in [0.5, 0.6) is 0 Å². The zero-order chi connectivity index (χ0) is 4.83. The van der Waals surface area contributed by atoms with E-state index in [1.54, 1.807) is 0 Å². The molecule has 0 aliphatic rings. The molecule has 0 spiro atoms. The molecule has 0 aromatic heterocycles. The third-order valence-electron chi connectivity index (χ3n) is 0.558. The summed E-state index contributed by atoms with van der Waals surface area (Å²) in [5, 5.41) is 2.74. The van der Waals surface area contributed by atoms with E-state index in [2.05, 4.69) is 12.4 Å². The second-order valence-corrected chi connectivity index (χ2v) is 1.14. The third kappa shape index (κ3) is 3.92. The van der Waals surface area contributed by atoms with Gasteiger partial charge in [0.2, 0.25) is 0 Å². The average Bonchev–Trinajstić information content (AvgIpc) is 1.61. The predicted molar refractivity (Wildman–Crippen MR) is 27.0 cm³/mol. The van der Waals surface area contributed by atoms with Crippen molar-refractivity contribution in [1.82, 2.24) is 5.32 Å². The van der Waals surface area contributed by atoms with E-state index in [0.717, 1.165) is 19.5 Å². The van der Waals surface area contributed by atoms with Crippen molar-refractivity contribution in [2.75, 3.05) is 13.1 Å². The quantitative estimate of drug-likeness (QED) is 0.464. The number of nitrogens with one attached hydrogen (secondary N) is 1. The maximum atomic E-state index is 5.15. The molecular formula is C4H11N2. The van der Waals surface area contributed by atoms with E-state index in [9.17, 15) is 0 Å². The molecule has 0 saturated carbocycles. The van der Waals surface area contributed by atoms with Gasteiger partial charge < -0.3 is 11.1 Å². The smallest absolute Gasteiger partial charge is 0.00767 e. The standard InChI is InChI=1S/C4H11N2/c1-6-4-2-3-5/h6H,1-5H2. The van der Waals surface area contributed by atoms with Gasteiger partial charge in [-0.25, -0.2) is 0 Å². The first-order valence-corrected chi connectivity index (χ1v) is 2.12. The van der Waals surface area contributed by atoms with Crippen molar-refractivity contribution < 1.29 is 0 Å². The normalized spacial score (nSPS) is 9.00. The molecule has 0 fully saturated rings. The van der Waals surface area contributed by atoms with E-state index < -0.39 is 0 Å². The van der Waals surface area contributed by atoms with Crippen molar-refractivity contribution in [3.63, 3.8) is 0 Å². The zero-order valence-corrected chi connectivity index (χ0v) is 3.91. The summed E-state index contributed by atoms with van der Waals surface area (Å²) in [4.78, 5) is 0. The fourth-order valence-electron chi connectivity index (χ4n) is 0.227. The average molecular weight is 87.1 g/mol. The Hall–Kier alpha value is -0.0800. The molecule has 0 saturated heterocycles. The van der Waals surface area contributed by atoms with Crippen LogP contribution in [0.25, 0.3) is 0 Å². The Morgan fingerprint density at radius 3 is 2.50 bits per heavy atom. The predicted octanol–water partition coefficient (Wildman–Crippen LogP) is -0.284. The summed E-state index contributed by atoms with van der Waals surface area (Å²) in [5.41, 5.74) is 5.15. The molecule has 3 N–H and O–H groups in total. The highest BCUT2D eigenvalue weighted by molar-refractivity contribution is 4.41. The van der Waals surface area contributed by atoms with Gasteiger partial charge in [-0.3, -0.25) is 0 Å². The van der Waals surface area contributed by atoms with Crippen LogP contribution < -0.4 is 11.1 Å². The van der Waals surface area contributed by atoms with Crippen LogP contribution in [0.2, 0.25) is 0 Å². The Kier molecular flexibility index (Phi) is 4.85. The summed E-state index contributed by atoms with van der Waals surface area (Å²) < 4.78 is 0. The summed E-state index contributed by atoms with van der Waals surface area (Å²) in [6, 6.07) is 0. The summed E-state index contributed by atoms with van der Waals surface area (Å²) >= 11 is 0. The van der Waals surface area contributed by atoms with Gasteiger partial charge in [0.25, 0.3) is 0 Å². The minimum atomic E-state index is 0.752. The van der Waals surface area contributed by atoms with E-state index in [1.165, 1.54) is 0 Å². The molecule has 0 atom stereocenters. The molecule has 0 aliphatic heterocycles. The van der Waals surface area contributed by atoms with Crippen LogP contribution in [0.15, 0.2) is 0 Å². The summed E-state index contributed by atoms with van der Waals surface area (Å²) in [5.74, 6) is 0. The number of hydrogen-bond donors (Lipinski definition) is 2. The molecule has 0 aromatic rings. The van der Waals surface area contributed by atoms with Gasteiger partial charge in [-0.05, 0) is 19.5 Å². The fraction of sp³-hybridized carbons (Fsp3) is 0.750. The lowest BCUT2D eigenvalue weighted by molar-refractivity contribution is 0.759. The van der Waals surface area contributed by atoms with Gasteiger partial charge >= 0.3 is 0 Å². The molecule has 2 heteroatoms. The lowest BCUT2D eigenvalue weighted by Gasteiger charge is -1.89. The Morgan fingerprint density at radius 2 is 2.33 bits per heavy atom. The first-order chi connectivity index (χ1) is 2.91. The van der Waals surface area contributed by atoms with Gasteiger partial charge in [0.1, 0.15) is 0 Å². The molecule has 37 valence electrons. The Balaban J connectivity index is 2.34. The van der Waals surface area contributed by atoms with E-state index in [4.69, 9.17) is 5.73 Å². The minimum absolute atomic E-state index is 0.752. The minimum Gasteiger partial charge on any atom is -0.330 e. The summed E-state index contributed by atoms with van der Waals surface area (Å²) in [6.45, 7) is 1.68. The number of nitrogens with two attached hydrogens (primary N) is 1. The summed E-state index contributed by atoms with van der Waals surface area (Å²) in [7, 11) is 3.42. The highest BCUT2D eigenvalue weighted by atomic mass is 14.8. The molecular weight excluding hydrogens is 76.1 g/mol. The molecule has 0 aliphatic carbocycles. The van der Waals surface area contributed by atoms with Crippen LogP contribution >= 0.6 is 0 Å². The second-order valence-electron chi connectivity index (χ2n) is 1.14. The van der Waals surface area contributed by atoms with Gasteiger partial charge in [0, 0.05) is 7.05 Å². The van der Waals surface area contributed by atoms with Gasteiger partial charge in [0.15, 0.2) is 0 Å². The summed E-state index contributed by atoms with van der Waals surface area (Å²) in [6.07, 6.45) is 1.02. The lowest BCUT2D eigenvalue weighted by atomic mass is 10.4. The van der Waals surface area contributed by atoms with E-state index in [0.29, 0.717) is 0 Å². The first kappa shape index (κ1) is 5.92. The molecule has 0 unspecified atom stereocenters. The van der Waals surface area contributed by atoms with Gasteiger partial charge in [-0.15, -0.1) is 0 Å². The topological polar surface area (TPSA) is 38.0 Å². The highest BCUT2D eigenvalue weighted by Crippen LogP contribution is 1.63. The van der Waals surface area contributed by atoms with Crippen molar-refractivity contribution >= 4 is 0 Å². The molecule has 6 heavy (non-hydrogen) atoms. The van der Waals surface area contributed by atoms with Crippen molar-refractivity contribution in [1.29, 1.82) is 0 Å². The first-order valence-electron chi connectivity index (χ1n) is 2.12. The Labute approximate surface area is 38.7 Å².